The predicted molar refractivity (Wildman–Crippen MR) is 119 cm³/mol. The van der Waals surface area contributed by atoms with Crippen molar-refractivity contribution in [1.82, 2.24) is 4.90 Å². The van der Waals surface area contributed by atoms with E-state index in [1.165, 1.54) is 12.0 Å². The van der Waals surface area contributed by atoms with E-state index in [4.69, 9.17) is 21.1 Å². The average Bonchev–Trinajstić information content (AvgIpc) is 2.88. The zero-order chi connectivity index (χ0) is 20.6. The molecule has 1 aromatic rings. The van der Waals surface area contributed by atoms with Gasteiger partial charge >= 0.3 is 6.09 Å². The minimum atomic E-state index is -0.688. The van der Waals surface area contributed by atoms with Crippen LogP contribution in [0.1, 0.15) is 53.0 Å². The molecule has 2 heterocycles. The Kier molecular flexibility index (Phi) is 6.55. The molecule has 1 atom stereocenters. The summed E-state index contributed by atoms with van der Waals surface area (Å²) < 4.78 is 11.6. The summed E-state index contributed by atoms with van der Waals surface area (Å²) in [5.41, 5.74) is -0.0187. The van der Waals surface area contributed by atoms with Crippen molar-refractivity contribution < 1.29 is 14.3 Å². The zero-order valence-corrected chi connectivity index (χ0v) is 19.7. The third kappa shape index (κ3) is 4.94. The molecule has 2 fully saturated rings. The Balaban J connectivity index is 1.90. The smallest absolute Gasteiger partial charge is 0.412 e. The molecule has 2 aliphatic rings. The van der Waals surface area contributed by atoms with E-state index in [2.05, 4.69) is 12.1 Å². The second-order valence-corrected chi connectivity index (χ2v) is 12.3. The maximum Gasteiger partial charge on any atom is 0.412 e. The normalized spacial score (nSPS) is 24.2. The molecule has 3 rings (SSSR count). The van der Waals surface area contributed by atoms with Crippen LogP contribution in [0.5, 0.6) is 0 Å². The number of hydrogen-bond acceptors (Lipinski definition) is 5. The van der Waals surface area contributed by atoms with E-state index in [0.29, 0.717) is 6.61 Å². The van der Waals surface area contributed by atoms with Crippen LogP contribution >= 0.6 is 35.1 Å². The van der Waals surface area contributed by atoms with Crippen LogP contribution in [-0.4, -0.2) is 46.5 Å². The van der Waals surface area contributed by atoms with E-state index < -0.39 is 11.3 Å². The lowest BCUT2D eigenvalue weighted by Crippen LogP contribution is -2.51. The minimum Gasteiger partial charge on any atom is -0.444 e. The van der Waals surface area contributed by atoms with Gasteiger partial charge in [-0.1, -0.05) is 23.7 Å². The average molecular weight is 444 g/mol. The number of halogens is 1. The molecule has 0 spiro atoms. The molecule has 0 aromatic heterocycles. The zero-order valence-electron chi connectivity index (χ0n) is 17.3. The number of ether oxygens (including phenoxy) is 2. The van der Waals surface area contributed by atoms with Crippen molar-refractivity contribution in [2.24, 2.45) is 0 Å². The van der Waals surface area contributed by atoms with Crippen LogP contribution in [0.4, 0.5) is 4.79 Å². The lowest BCUT2D eigenvalue weighted by Gasteiger charge is -2.41. The first-order valence-corrected chi connectivity index (χ1v) is 12.1. The summed E-state index contributed by atoms with van der Waals surface area (Å²) in [4.78, 5) is 14.8. The molecule has 4 nitrogen and oxygen atoms in total. The Bertz CT molecular complexity index is 714. The number of amides is 1. The van der Waals surface area contributed by atoms with Crippen molar-refractivity contribution in [3.05, 3.63) is 34.9 Å². The van der Waals surface area contributed by atoms with E-state index >= 15 is 0 Å². The molecule has 0 unspecified atom stereocenters. The molecular weight excluding hydrogens is 414 g/mol. The SMILES string of the molecule is CC(C)(C)OC(=O)N1[C@H](CC2(c3cccc(Cl)c3)SCCCS2)COC1(C)C. The molecule has 28 heavy (non-hydrogen) atoms. The molecule has 7 heteroatoms. The van der Waals surface area contributed by atoms with Gasteiger partial charge in [-0.2, -0.15) is 0 Å². The van der Waals surface area contributed by atoms with Crippen LogP contribution in [0, 0.1) is 0 Å². The Morgan fingerprint density at radius 1 is 1.32 bits per heavy atom. The molecular formula is C21H30ClNO3S2. The number of rotatable bonds is 3. The topological polar surface area (TPSA) is 38.8 Å². The Hall–Kier alpha value is -0.560. The van der Waals surface area contributed by atoms with E-state index in [-0.39, 0.29) is 16.2 Å². The summed E-state index contributed by atoms with van der Waals surface area (Å²) in [6.07, 6.45) is 1.68. The van der Waals surface area contributed by atoms with Crippen LogP contribution < -0.4 is 0 Å². The van der Waals surface area contributed by atoms with Gasteiger partial charge in [0.1, 0.15) is 11.3 Å². The summed E-state index contributed by atoms with van der Waals surface area (Å²) >= 11 is 10.2. The van der Waals surface area contributed by atoms with Crippen LogP contribution in [0.25, 0.3) is 0 Å². The second kappa shape index (κ2) is 8.29. The van der Waals surface area contributed by atoms with Gasteiger partial charge in [0.15, 0.2) is 0 Å². The molecule has 1 amide bonds. The quantitative estimate of drug-likeness (QED) is 0.562. The first-order chi connectivity index (χ1) is 13.0. The standard InChI is InChI=1S/C21H30ClNO3S2/c1-19(2,3)26-18(24)23-17(14-25-20(23,4)5)13-21(27-10-7-11-28-21)15-8-6-9-16(22)12-15/h6,8-9,12,17H,7,10-11,13-14H2,1-5H3/t17-/m1/s1. The largest absolute Gasteiger partial charge is 0.444 e. The van der Waals surface area contributed by atoms with Gasteiger partial charge in [0.2, 0.25) is 0 Å². The van der Waals surface area contributed by atoms with Crippen LogP contribution in [-0.2, 0) is 13.6 Å². The number of nitrogens with zero attached hydrogens (tertiary/aromatic N) is 1. The summed E-state index contributed by atoms with van der Waals surface area (Å²) in [6.45, 7) is 10.1. The summed E-state index contributed by atoms with van der Waals surface area (Å²) in [7, 11) is 0. The fourth-order valence-corrected chi connectivity index (χ4v) is 7.38. The third-order valence-electron chi connectivity index (χ3n) is 4.89. The van der Waals surface area contributed by atoms with Crippen molar-refractivity contribution in [3.63, 3.8) is 0 Å². The Morgan fingerprint density at radius 3 is 2.61 bits per heavy atom. The minimum absolute atomic E-state index is 0.0538. The van der Waals surface area contributed by atoms with Gasteiger partial charge in [0, 0.05) is 5.02 Å². The lowest BCUT2D eigenvalue weighted by molar-refractivity contribution is -0.0627. The highest BCUT2D eigenvalue weighted by Crippen LogP contribution is 2.55. The van der Waals surface area contributed by atoms with Crippen LogP contribution in [0.2, 0.25) is 5.02 Å². The summed E-state index contributed by atoms with van der Waals surface area (Å²) in [6, 6.07) is 8.07. The molecule has 1 aromatic carbocycles. The van der Waals surface area contributed by atoms with E-state index in [1.807, 2.05) is 70.3 Å². The van der Waals surface area contributed by atoms with Crippen molar-refractivity contribution in [1.29, 1.82) is 0 Å². The van der Waals surface area contributed by atoms with Crippen molar-refractivity contribution in [2.75, 3.05) is 18.1 Å². The van der Waals surface area contributed by atoms with Gasteiger partial charge in [-0.05, 0) is 76.7 Å². The van der Waals surface area contributed by atoms with Gasteiger partial charge in [-0.25, -0.2) is 4.79 Å². The molecule has 0 saturated carbocycles. The van der Waals surface area contributed by atoms with Gasteiger partial charge < -0.3 is 9.47 Å². The third-order valence-corrected chi connectivity index (χ3v) is 8.56. The predicted octanol–water partition coefficient (Wildman–Crippen LogP) is 6.13. The molecule has 156 valence electrons. The highest BCUT2D eigenvalue weighted by atomic mass is 35.5. The maximum atomic E-state index is 13.0. The second-order valence-electron chi connectivity index (χ2n) is 8.78. The van der Waals surface area contributed by atoms with Gasteiger partial charge in [-0.3, -0.25) is 4.90 Å². The number of carbonyl (C=O) groups is 1. The highest BCUT2D eigenvalue weighted by Gasteiger charge is 2.49. The summed E-state index contributed by atoms with van der Waals surface area (Å²) in [5, 5.41) is 0.746. The van der Waals surface area contributed by atoms with Gasteiger partial charge in [0.05, 0.1) is 16.7 Å². The maximum absolute atomic E-state index is 13.0. The summed E-state index contributed by atoms with van der Waals surface area (Å²) in [5.74, 6) is 2.20. The van der Waals surface area contributed by atoms with Crippen molar-refractivity contribution in [2.45, 2.75) is 68.9 Å². The van der Waals surface area contributed by atoms with Crippen molar-refractivity contribution >= 4 is 41.2 Å². The lowest BCUT2D eigenvalue weighted by atomic mass is 10.0. The number of thioether (sulfide) groups is 2. The van der Waals surface area contributed by atoms with Crippen molar-refractivity contribution in [3.8, 4) is 0 Å². The van der Waals surface area contributed by atoms with Gasteiger partial charge in [0.25, 0.3) is 0 Å². The Labute approximate surface area is 182 Å². The Morgan fingerprint density at radius 2 is 2.00 bits per heavy atom. The molecule has 0 bridgehead atoms. The molecule has 0 radical (unpaired) electrons. The van der Waals surface area contributed by atoms with E-state index in [1.54, 1.807) is 4.90 Å². The molecule has 2 saturated heterocycles. The molecule has 0 aliphatic carbocycles. The fraction of sp³-hybridized carbons (Fsp3) is 0.667. The van der Waals surface area contributed by atoms with Crippen LogP contribution in [0.15, 0.2) is 24.3 Å². The number of carbonyl (C=O) groups excluding carboxylic acids is 1. The first kappa shape index (κ1) is 22.1. The number of benzene rings is 1. The fourth-order valence-electron chi connectivity index (χ4n) is 3.73. The molecule has 2 aliphatic heterocycles. The van der Waals surface area contributed by atoms with E-state index in [0.717, 1.165) is 22.9 Å². The first-order valence-electron chi connectivity index (χ1n) is 9.73. The number of hydrogen-bond donors (Lipinski definition) is 0. The monoisotopic (exact) mass is 443 g/mol. The molecule has 0 N–H and O–H groups in total. The van der Waals surface area contributed by atoms with E-state index in [9.17, 15) is 4.79 Å². The highest BCUT2D eigenvalue weighted by molar-refractivity contribution is 8.18. The van der Waals surface area contributed by atoms with Crippen LogP contribution in [0.3, 0.4) is 0 Å². The van der Waals surface area contributed by atoms with Gasteiger partial charge in [-0.15, -0.1) is 23.5 Å².